The quantitative estimate of drug-likeness (QED) is 0.886. The van der Waals surface area contributed by atoms with E-state index in [1.165, 1.54) is 12.1 Å². The highest BCUT2D eigenvalue weighted by Crippen LogP contribution is 2.25. The summed E-state index contributed by atoms with van der Waals surface area (Å²) in [5, 5.41) is 5.45. The Bertz CT molecular complexity index is 473. The maximum Gasteiger partial charge on any atom is 0.573 e. The highest BCUT2D eigenvalue weighted by atomic mass is 19.4. The van der Waals surface area contributed by atoms with Crippen LogP contribution < -0.4 is 15.4 Å². The van der Waals surface area contributed by atoms with Crippen molar-refractivity contribution in [1.29, 1.82) is 0 Å². The third kappa shape index (κ3) is 4.39. The topological polar surface area (TPSA) is 59.6 Å². The Morgan fingerprint density at radius 2 is 2.25 bits per heavy atom. The zero-order chi connectivity index (χ0) is 14.6. The molecule has 1 aromatic rings. The second-order valence-corrected chi connectivity index (χ2v) is 4.15. The molecule has 1 amide bonds. The number of anilines is 1. The minimum Gasteiger partial charge on any atom is -0.406 e. The standard InChI is InChI=1S/C12H13F3N2O3/c13-12(14,15)20-9-3-1-2-8(6-9)17-11(18)10-7-19-5-4-16-10/h1-3,6,10,16H,4-5,7H2,(H,17,18). The van der Waals surface area contributed by atoms with Gasteiger partial charge in [-0.2, -0.15) is 0 Å². The number of carbonyl (C=O) groups is 1. The van der Waals surface area contributed by atoms with Crippen LogP contribution in [0.1, 0.15) is 0 Å². The lowest BCUT2D eigenvalue weighted by Crippen LogP contribution is -2.48. The number of carbonyl (C=O) groups excluding carboxylic acids is 1. The molecular formula is C12H13F3N2O3. The van der Waals surface area contributed by atoms with Crippen molar-refractivity contribution in [2.75, 3.05) is 25.1 Å². The lowest BCUT2D eigenvalue weighted by molar-refractivity contribution is -0.274. The Balaban J connectivity index is 1.98. The number of hydrogen-bond acceptors (Lipinski definition) is 4. The van der Waals surface area contributed by atoms with Gasteiger partial charge in [0, 0.05) is 18.3 Å². The van der Waals surface area contributed by atoms with Crippen LogP contribution in [0.2, 0.25) is 0 Å². The van der Waals surface area contributed by atoms with Crippen LogP contribution in [0.25, 0.3) is 0 Å². The van der Waals surface area contributed by atoms with Crippen LogP contribution in [0.15, 0.2) is 24.3 Å². The molecule has 1 fully saturated rings. The number of alkyl halides is 3. The van der Waals surface area contributed by atoms with Crippen molar-refractivity contribution >= 4 is 11.6 Å². The second-order valence-electron chi connectivity index (χ2n) is 4.15. The van der Waals surface area contributed by atoms with Gasteiger partial charge in [0.05, 0.1) is 13.2 Å². The zero-order valence-corrected chi connectivity index (χ0v) is 10.4. The first kappa shape index (κ1) is 14.6. The molecule has 0 radical (unpaired) electrons. The predicted octanol–water partition coefficient (Wildman–Crippen LogP) is 1.51. The Hall–Kier alpha value is -1.80. The molecule has 0 aromatic heterocycles. The largest absolute Gasteiger partial charge is 0.573 e. The van der Waals surface area contributed by atoms with E-state index >= 15 is 0 Å². The summed E-state index contributed by atoms with van der Waals surface area (Å²) in [7, 11) is 0. The first-order valence-electron chi connectivity index (χ1n) is 5.92. The van der Waals surface area contributed by atoms with Gasteiger partial charge in [0.1, 0.15) is 11.8 Å². The Morgan fingerprint density at radius 3 is 2.90 bits per heavy atom. The summed E-state index contributed by atoms with van der Waals surface area (Å²) in [6, 6.07) is 4.59. The van der Waals surface area contributed by atoms with Crippen molar-refractivity contribution in [3.05, 3.63) is 24.3 Å². The molecule has 20 heavy (non-hydrogen) atoms. The molecule has 0 aliphatic carbocycles. The van der Waals surface area contributed by atoms with Crippen LogP contribution in [-0.2, 0) is 9.53 Å². The molecule has 1 unspecified atom stereocenters. The van der Waals surface area contributed by atoms with Gasteiger partial charge >= 0.3 is 6.36 Å². The van der Waals surface area contributed by atoms with Gasteiger partial charge in [0.15, 0.2) is 0 Å². The molecule has 0 spiro atoms. The monoisotopic (exact) mass is 290 g/mol. The van der Waals surface area contributed by atoms with Gasteiger partial charge < -0.3 is 20.1 Å². The van der Waals surface area contributed by atoms with E-state index in [1.807, 2.05) is 0 Å². The average Bonchev–Trinajstić information content (AvgIpc) is 2.38. The number of halogens is 3. The van der Waals surface area contributed by atoms with Gasteiger partial charge in [0.2, 0.25) is 5.91 Å². The molecule has 8 heteroatoms. The summed E-state index contributed by atoms with van der Waals surface area (Å²) in [5.74, 6) is -0.753. The van der Waals surface area contributed by atoms with E-state index in [0.717, 1.165) is 12.1 Å². The lowest BCUT2D eigenvalue weighted by atomic mass is 10.2. The SMILES string of the molecule is O=C(Nc1cccc(OC(F)(F)F)c1)C1COCCN1. The summed E-state index contributed by atoms with van der Waals surface area (Å²) in [4.78, 5) is 11.8. The minimum atomic E-state index is -4.76. The maximum atomic E-state index is 12.1. The Labute approximate surface area is 113 Å². The highest BCUT2D eigenvalue weighted by Gasteiger charge is 2.31. The van der Waals surface area contributed by atoms with E-state index in [1.54, 1.807) is 0 Å². The average molecular weight is 290 g/mol. The van der Waals surface area contributed by atoms with E-state index in [0.29, 0.717) is 13.2 Å². The third-order valence-electron chi connectivity index (χ3n) is 2.57. The molecule has 2 rings (SSSR count). The summed E-state index contributed by atoms with van der Waals surface area (Å²) in [5.41, 5.74) is 0.226. The van der Waals surface area contributed by atoms with Crippen LogP contribution in [0.3, 0.4) is 0 Å². The molecular weight excluding hydrogens is 277 g/mol. The molecule has 1 heterocycles. The fraction of sp³-hybridized carbons (Fsp3) is 0.417. The minimum absolute atomic E-state index is 0.226. The third-order valence-corrected chi connectivity index (χ3v) is 2.57. The molecule has 1 aliphatic heterocycles. The number of morpholine rings is 1. The molecule has 0 bridgehead atoms. The Kier molecular flexibility index (Phi) is 4.46. The molecule has 1 saturated heterocycles. The fourth-order valence-electron chi connectivity index (χ4n) is 1.73. The number of ether oxygens (including phenoxy) is 2. The van der Waals surface area contributed by atoms with E-state index in [4.69, 9.17) is 4.74 Å². The maximum absolute atomic E-state index is 12.1. The van der Waals surface area contributed by atoms with E-state index in [9.17, 15) is 18.0 Å². The van der Waals surface area contributed by atoms with Crippen molar-refractivity contribution < 1.29 is 27.4 Å². The van der Waals surface area contributed by atoms with Crippen molar-refractivity contribution in [1.82, 2.24) is 5.32 Å². The molecule has 1 aliphatic rings. The van der Waals surface area contributed by atoms with Gasteiger partial charge in [-0.15, -0.1) is 13.2 Å². The second kappa shape index (κ2) is 6.10. The lowest BCUT2D eigenvalue weighted by Gasteiger charge is -2.23. The van der Waals surface area contributed by atoms with E-state index in [2.05, 4.69) is 15.4 Å². The van der Waals surface area contributed by atoms with Crippen LogP contribution in [0.5, 0.6) is 5.75 Å². The molecule has 0 saturated carbocycles. The molecule has 1 atom stereocenters. The van der Waals surface area contributed by atoms with Crippen molar-refractivity contribution in [3.63, 3.8) is 0 Å². The first-order chi connectivity index (χ1) is 9.44. The number of amides is 1. The number of benzene rings is 1. The molecule has 2 N–H and O–H groups in total. The van der Waals surface area contributed by atoms with Gasteiger partial charge in [-0.1, -0.05) is 6.07 Å². The van der Waals surface area contributed by atoms with Crippen LogP contribution in [0, 0.1) is 0 Å². The van der Waals surface area contributed by atoms with Crippen LogP contribution in [-0.4, -0.2) is 38.1 Å². The molecule has 1 aromatic carbocycles. The summed E-state index contributed by atoms with van der Waals surface area (Å²) >= 11 is 0. The number of rotatable bonds is 3. The van der Waals surface area contributed by atoms with Gasteiger partial charge in [0.25, 0.3) is 0 Å². The zero-order valence-electron chi connectivity index (χ0n) is 10.4. The van der Waals surface area contributed by atoms with Crippen molar-refractivity contribution in [2.24, 2.45) is 0 Å². The summed E-state index contributed by atoms with van der Waals surface area (Å²) < 4.78 is 45.2. The van der Waals surface area contributed by atoms with E-state index in [-0.39, 0.29) is 24.0 Å². The molecule has 5 nitrogen and oxygen atoms in total. The van der Waals surface area contributed by atoms with Crippen LogP contribution >= 0.6 is 0 Å². The molecule has 110 valence electrons. The fourth-order valence-corrected chi connectivity index (χ4v) is 1.73. The Morgan fingerprint density at radius 1 is 1.45 bits per heavy atom. The van der Waals surface area contributed by atoms with Gasteiger partial charge in [-0.05, 0) is 12.1 Å². The summed E-state index contributed by atoms with van der Waals surface area (Å²) in [6.45, 7) is 1.30. The normalized spacial score (nSPS) is 19.4. The van der Waals surface area contributed by atoms with Crippen molar-refractivity contribution in [3.8, 4) is 5.75 Å². The first-order valence-corrected chi connectivity index (χ1v) is 5.92. The number of nitrogens with one attached hydrogen (secondary N) is 2. The van der Waals surface area contributed by atoms with E-state index < -0.39 is 12.4 Å². The predicted molar refractivity (Wildman–Crippen MR) is 64.4 cm³/mol. The van der Waals surface area contributed by atoms with Gasteiger partial charge in [-0.3, -0.25) is 4.79 Å². The highest BCUT2D eigenvalue weighted by molar-refractivity contribution is 5.95. The summed E-state index contributed by atoms with van der Waals surface area (Å²) in [6.07, 6.45) is -4.76. The smallest absolute Gasteiger partial charge is 0.406 e. The van der Waals surface area contributed by atoms with Crippen molar-refractivity contribution in [2.45, 2.75) is 12.4 Å². The van der Waals surface area contributed by atoms with Gasteiger partial charge in [-0.25, -0.2) is 0 Å². The number of hydrogen-bond donors (Lipinski definition) is 2. The van der Waals surface area contributed by atoms with Crippen LogP contribution in [0.4, 0.5) is 18.9 Å².